The van der Waals surface area contributed by atoms with Crippen molar-refractivity contribution in [1.82, 2.24) is 0 Å². The second-order valence-corrected chi connectivity index (χ2v) is 13.8. The van der Waals surface area contributed by atoms with Crippen LogP contribution in [0.1, 0.15) is 52.6 Å². The van der Waals surface area contributed by atoms with Gasteiger partial charge in [-0.3, -0.25) is 0 Å². The molecule has 0 aliphatic rings. The van der Waals surface area contributed by atoms with E-state index in [1.807, 2.05) is 0 Å². The van der Waals surface area contributed by atoms with Crippen LogP contribution in [0.15, 0.2) is 146 Å². The highest BCUT2D eigenvalue weighted by Gasteiger charge is 2.35. The number of aromatic carboxylic acids is 4. The molecule has 7 rings (SSSR count). The molecule has 0 radical (unpaired) electrons. The molecule has 0 amide bonds. The Labute approximate surface area is 334 Å². The summed E-state index contributed by atoms with van der Waals surface area (Å²) in [4.78, 5) is 46.2. The summed E-state index contributed by atoms with van der Waals surface area (Å²) in [7, 11) is 0. The molecule has 0 spiro atoms. The number of aryl methyl sites for hydroxylation is 1. The van der Waals surface area contributed by atoms with Crippen molar-refractivity contribution in [3.8, 4) is 66.8 Å². The third kappa shape index (κ3) is 8.35. The quantitative estimate of drug-likeness (QED) is 0.107. The number of hydrogen-bond acceptors (Lipinski definition) is 4. The van der Waals surface area contributed by atoms with Gasteiger partial charge in [-0.1, -0.05) is 54.6 Å². The van der Waals surface area contributed by atoms with Crippen LogP contribution in [0, 0.1) is 6.92 Å². The first-order valence-electron chi connectivity index (χ1n) is 17.9. The molecule has 0 bridgehead atoms. The van der Waals surface area contributed by atoms with Crippen LogP contribution in [-0.2, 0) is 6.18 Å². The van der Waals surface area contributed by atoms with E-state index in [4.69, 9.17) is 0 Å². The highest BCUT2D eigenvalue weighted by Crippen LogP contribution is 2.44. The number of benzene rings is 7. The zero-order valence-corrected chi connectivity index (χ0v) is 30.9. The van der Waals surface area contributed by atoms with Gasteiger partial charge in [0.1, 0.15) is 0 Å². The third-order valence-electron chi connectivity index (χ3n) is 10.0. The molecule has 0 saturated carbocycles. The summed E-state index contributed by atoms with van der Waals surface area (Å²) in [6.07, 6.45) is -4.85. The molecule has 0 fully saturated rings. The maximum absolute atomic E-state index is 15.3. The molecule has 0 aliphatic carbocycles. The van der Waals surface area contributed by atoms with Gasteiger partial charge in [-0.15, -0.1) is 0 Å². The molecule has 292 valence electrons. The van der Waals surface area contributed by atoms with Gasteiger partial charge in [0, 0.05) is 0 Å². The Morgan fingerprint density at radius 2 is 0.610 bits per heavy atom. The van der Waals surface area contributed by atoms with E-state index in [1.165, 1.54) is 54.6 Å². The van der Waals surface area contributed by atoms with Gasteiger partial charge in [-0.2, -0.15) is 13.2 Å². The van der Waals surface area contributed by atoms with Crippen molar-refractivity contribution in [2.75, 3.05) is 0 Å². The lowest BCUT2D eigenvalue weighted by Gasteiger charge is -2.20. The Hall–Kier alpha value is -7.79. The topological polar surface area (TPSA) is 149 Å². The van der Waals surface area contributed by atoms with Gasteiger partial charge in [-0.25, -0.2) is 19.2 Å². The predicted octanol–water partition coefficient (Wildman–Crippen LogP) is 11.8. The van der Waals surface area contributed by atoms with Crippen molar-refractivity contribution in [3.63, 3.8) is 0 Å². The van der Waals surface area contributed by atoms with Gasteiger partial charge >= 0.3 is 30.1 Å². The fourth-order valence-corrected chi connectivity index (χ4v) is 6.95. The Morgan fingerprint density at radius 3 is 0.864 bits per heavy atom. The second kappa shape index (κ2) is 15.6. The minimum absolute atomic E-state index is 0.0294. The van der Waals surface area contributed by atoms with E-state index in [0.29, 0.717) is 55.6 Å². The normalized spacial score (nSPS) is 11.3. The molecule has 8 nitrogen and oxygen atoms in total. The summed E-state index contributed by atoms with van der Waals surface area (Å²) in [6, 6.07) is 36.7. The molecular formula is C48H31F3O8. The van der Waals surface area contributed by atoms with Gasteiger partial charge in [0.2, 0.25) is 0 Å². The van der Waals surface area contributed by atoms with Crippen LogP contribution in [0.2, 0.25) is 0 Å². The lowest BCUT2D eigenvalue weighted by atomic mass is 9.86. The zero-order valence-electron chi connectivity index (χ0n) is 30.9. The lowest BCUT2D eigenvalue weighted by Crippen LogP contribution is -2.08. The SMILES string of the molecule is Cc1cc(-c2cc(-c3ccc(C(=O)O)cc3)cc(-c3ccc(C(=O)O)cc3)c2)c(C(F)(F)F)cc1-c1cc(-c2ccc(C(=O)O)cc2)cc(-c2ccc(C(=O)O)cc2)c1. The third-order valence-corrected chi connectivity index (χ3v) is 10.0. The molecule has 0 aliphatic heterocycles. The molecule has 0 heterocycles. The molecule has 0 aromatic heterocycles. The average Bonchev–Trinajstić information content (AvgIpc) is 3.23. The molecule has 0 saturated heterocycles. The Balaban J connectivity index is 1.43. The Bertz CT molecular complexity index is 2640. The van der Waals surface area contributed by atoms with E-state index in [-0.39, 0.29) is 38.9 Å². The summed E-state index contributed by atoms with van der Waals surface area (Å²) in [6.45, 7) is 1.69. The van der Waals surface area contributed by atoms with E-state index in [0.717, 1.165) is 6.07 Å². The van der Waals surface area contributed by atoms with Crippen LogP contribution < -0.4 is 0 Å². The van der Waals surface area contributed by atoms with Crippen molar-refractivity contribution in [1.29, 1.82) is 0 Å². The smallest absolute Gasteiger partial charge is 0.417 e. The van der Waals surface area contributed by atoms with E-state index in [2.05, 4.69) is 0 Å². The molecule has 59 heavy (non-hydrogen) atoms. The molecular weight excluding hydrogens is 762 g/mol. The molecule has 7 aromatic carbocycles. The first kappa shape index (κ1) is 39.4. The highest BCUT2D eigenvalue weighted by atomic mass is 19.4. The second-order valence-electron chi connectivity index (χ2n) is 13.8. The summed E-state index contributed by atoms with van der Waals surface area (Å²) in [5, 5.41) is 37.8. The molecule has 4 N–H and O–H groups in total. The number of carboxylic acid groups (broad SMARTS) is 4. The van der Waals surface area contributed by atoms with Gasteiger partial charge in [-0.05, 0) is 170 Å². The Kier molecular flexibility index (Phi) is 10.4. The maximum atomic E-state index is 15.3. The zero-order chi connectivity index (χ0) is 42.2. The first-order chi connectivity index (χ1) is 28.0. The number of carbonyl (C=O) groups is 4. The van der Waals surface area contributed by atoms with Crippen LogP contribution in [0.5, 0.6) is 0 Å². The molecule has 11 heteroatoms. The van der Waals surface area contributed by atoms with E-state index < -0.39 is 35.6 Å². The number of alkyl halides is 3. The fraction of sp³-hybridized carbons (Fsp3) is 0.0417. The number of halogens is 3. The maximum Gasteiger partial charge on any atom is 0.417 e. The number of rotatable bonds is 10. The number of hydrogen-bond donors (Lipinski definition) is 4. The van der Waals surface area contributed by atoms with Gasteiger partial charge in [0.05, 0.1) is 27.8 Å². The summed E-state index contributed by atoms with van der Waals surface area (Å²) >= 11 is 0. The molecule has 0 unspecified atom stereocenters. The van der Waals surface area contributed by atoms with Crippen LogP contribution in [0.4, 0.5) is 13.2 Å². The van der Waals surface area contributed by atoms with Gasteiger partial charge in [0.15, 0.2) is 0 Å². The Morgan fingerprint density at radius 1 is 0.356 bits per heavy atom. The first-order valence-corrected chi connectivity index (χ1v) is 17.9. The van der Waals surface area contributed by atoms with E-state index >= 15 is 13.2 Å². The standard InChI is InChI=1S/C48H31F3O8/c1-26-18-42(40-23-37(29-6-14-33(15-7-29)46(56)57)20-38(24-40)30-8-16-34(17-9-30)47(58)59)43(48(49,50)51)25-41(26)39-21-35(27-2-10-31(11-3-27)44(52)53)19-36(22-39)28-4-12-32(13-5-28)45(54)55/h2-25H,1H3,(H,52,53)(H,54,55)(H,56,57)(H,58,59). The molecule has 7 aromatic rings. The van der Waals surface area contributed by atoms with Gasteiger partial charge in [0.25, 0.3) is 0 Å². The van der Waals surface area contributed by atoms with Crippen molar-refractivity contribution in [2.24, 2.45) is 0 Å². The lowest BCUT2D eigenvalue weighted by molar-refractivity contribution is -0.137. The summed E-state index contributed by atoms with van der Waals surface area (Å²) in [5.41, 5.74) is 4.89. The summed E-state index contributed by atoms with van der Waals surface area (Å²) in [5.74, 6) is -4.52. The molecule has 0 atom stereocenters. The van der Waals surface area contributed by atoms with Gasteiger partial charge < -0.3 is 20.4 Å². The average molecular weight is 793 g/mol. The van der Waals surface area contributed by atoms with Crippen molar-refractivity contribution in [2.45, 2.75) is 13.1 Å². The van der Waals surface area contributed by atoms with Crippen molar-refractivity contribution >= 4 is 23.9 Å². The van der Waals surface area contributed by atoms with Crippen molar-refractivity contribution < 1.29 is 52.8 Å². The fourth-order valence-electron chi connectivity index (χ4n) is 6.95. The summed E-state index contributed by atoms with van der Waals surface area (Å²) < 4.78 is 46.0. The van der Waals surface area contributed by atoms with E-state index in [1.54, 1.807) is 91.9 Å². The van der Waals surface area contributed by atoms with Crippen molar-refractivity contribution in [3.05, 3.63) is 179 Å². The minimum Gasteiger partial charge on any atom is -0.478 e. The monoisotopic (exact) mass is 792 g/mol. The predicted molar refractivity (Wildman–Crippen MR) is 217 cm³/mol. The van der Waals surface area contributed by atoms with Crippen LogP contribution in [0.3, 0.4) is 0 Å². The largest absolute Gasteiger partial charge is 0.478 e. The van der Waals surface area contributed by atoms with Crippen LogP contribution >= 0.6 is 0 Å². The van der Waals surface area contributed by atoms with Crippen LogP contribution in [0.25, 0.3) is 66.8 Å². The van der Waals surface area contributed by atoms with E-state index in [9.17, 15) is 39.6 Å². The minimum atomic E-state index is -4.85. The highest BCUT2D eigenvalue weighted by molar-refractivity contribution is 5.92. The number of carboxylic acids is 4. The van der Waals surface area contributed by atoms with Crippen LogP contribution in [-0.4, -0.2) is 44.3 Å².